The fourth-order valence-corrected chi connectivity index (χ4v) is 1.83. The second kappa shape index (κ2) is 2.54. The number of hydrogen-bond donors (Lipinski definition) is 1. The van der Waals surface area contributed by atoms with Gasteiger partial charge in [-0.15, -0.1) is 0 Å². The van der Waals surface area contributed by atoms with Gasteiger partial charge in [-0.05, 0) is 12.1 Å². The van der Waals surface area contributed by atoms with Gasteiger partial charge in [0.1, 0.15) is 0 Å². The van der Waals surface area contributed by atoms with Crippen LogP contribution in [0.15, 0.2) is 34.3 Å². The van der Waals surface area contributed by atoms with E-state index in [4.69, 9.17) is 5.73 Å². The first-order valence-corrected chi connectivity index (χ1v) is 4.53. The number of benzene rings is 1. The molecule has 0 aliphatic carbocycles. The number of rotatable bonds is 0. The van der Waals surface area contributed by atoms with Gasteiger partial charge in [0.05, 0.1) is 23.6 Å². The van der Waals surface area contributed by atoms with Gasteiger partial charge in [-0.3, -0.25) is 4.99 Å². The number of fused-ring (bicyclic) bond motifs is 3. The molecule has 0 radical (unpaired) electrons. The van der Waals surface area contributed by atoms with E-state index in [1.165, 1.54) is 5.57 Å². The van der Waals surface area contributed by atoms with Gasteiger partial charge in [-0.25, -0.2) is 4.99 Å². The van der Waals surface area contributed by atoms with Crippen LogP contribution in [0.5, 0.6) is 0 Å². The quantitative estimate of drug-likeness (QED) is 0.613. The summed E-state index contributed by atoms with van der Waals surface area (Å²) in [5.41, 5.74) is 10.8. The highest BCUT2D eigenvalue weighted by atomic mass is 14.9. The van der Waals surface area contributed by atoms with Gasteiger partial charge in [-0.1, -0.05) is 12.1 Å². The van der Waals surface area contributed by atoms with Gasteiger partial charge in [0.15, 0.2) is 0 Å². The minimum Gasteiger partial charge on any atom is -0.397 e. The fraction of sp³-hybridized carbons (Fsp3) is 0.0909. The third-order valence-corrected chi connectivity index (χ3v) is 2.50. The summed E-state index contributed by atoms with van der Waals surface area (Å²) < 4.78 is 0. The van der Waals surface area contributed by atoms with Crippen LogP contribution in [0.2, 0.25) is 0 Å². The molecule has 0 aromatic heterocycles. The number of hydrogen-bond acceptors (Lipinski definition) is 3. The second-order valence-electron chi connectivity index (χ2n) is 3.37. The summed E-state index contributed by atoms with van der Waals surface area (Å²) >= 11 is 0. The van der Waals surface area contributed by atoms with Gasteiger partial charge >= 0.3 is 0 Å². The molecule has 14 heavy (non-hydrogen) atoms. The van der Waals surface area contributed by atoms with E-state index in [1.54, 1.807) is 0 Å². The molecule has 0 bridgehead atoms. The molecule has 1 aromatic carbocycles. The highest BCUT2D eigenvalue weighted by Crippen LogP contribution is 2.39. The monoisotopic (exact) mass is 183 g/mol. The lowest BCUT2D eigenvalue weighted by atomic mass is 10.0. The molecule has 3 heteroatoms. The number of para-hydroxylation sites is 1. The average Bonchev–Trinajstić information content (AvgIpc) is 2.59. The van der Waals surface area contributed by atoms with Crippen molar-refractivity contribution in [3.63, 3.8) is 0 Å². The molecule has 0 fully saturated rings. The molecule has 1 aromatic rings. The molecule has 3 nitrogen and oxygen atoms in total. The Bertz CT molecular complexity index is 495. The van der Waals surface area contributed by atoms with Crippen molar-refractivity contribution in [1.29, 1.82) is 0 Å². The molecule has 2 aliphatic heterocycles. The molecule has 0 atom stereocenters. The Hall–Kier alpha value is -1.90. The van der Waals surface area contributed by atoms with Crippen LogP contribution in [-0.4, -0.2) is 18.5 Å². The van der Waals surface area contributed by atoms with E-state index in [-0.39, 0.29) is 0 Å². The van der Waals surface area contributed by atoms with Crippen molar-refractivity contribution in [3.05, 3.63) is 29.8 Å². The standard InChI is InChI=1S/C11H9N3/c12-9-3-1-2-8-7-4-5-13-6-10(7)14-11(8)9/h1-5H,6,12H2. The summed E-state index contributed by atoms with van der Waals surface area (Å²) in [5, 5.41) is 0. The van der Waals surface area contributed by atoms with Gasteiger partial charge < -0.3 is 5.73 Å². The molecule has 0 unspecified atom stereocenters. The maximum absolute atomic E-state index is 5.85. The Balaban J connectivity index is 2.29. The molecule has 3 rings (SSSR count). The normalized spacial score (nSPS) is 17.1. The summed E-state index contributed by atoms with van der Waals surface area (Å²) in [6.45, 7) is 0.667. The maximum atomic E-state index is 5.85. The lowest BCUT2D eigenvalue weighted by molar-refractivity contribution is 1.31. The van der Waals surface area contributed by atoms with Gasteiger partial charge in [0.25, 0.3) is 0 Å². The summed E-state index contributed by atoms with van der Waals surface area (Å²) in [7, 11) is 0. The first kappa shape index (κ1) is 7.50. The summed E-state index contributed by atoms with van der Waals surface area (Å²) in [6, 6.07) is 5.88. The number of dihydropyridines is 1. The van der Waals surface area contributed by atoms with Crippen LogP contribution in [0.4, 0.5) is 11.4 Å². The van der Waals surface area contributed by atoms with Crippen LogP contribution in [0.25, 0.3) is 5.57 Å². The molecule has 2 heterocycles. The van der Waals surface area contributed by atoms with Gasteiger partial charge in [0, 0.05) is 17.4 Å². The zero-order valence-corrected chi connectivity index (χ0v) is 7.57. The van der Waals surface area contributed by atoms with Gasteiger partial charge in [-0.2, -0.15) is 0 Å². The summed E-state index contributed by atoms with van der Waals surface area (Å²) in [5.74, 6) is 0. The predicted molar refractivity (Wildman–Crippen MR) is 59.3 cm³/mol. The third kappa shape index (κ3) is 0.865. The van der Waals surface area contributed by atoms with Crippen molar-refractivity contribution < 1.29 is 0 Å². The summed E-state index contributed by atoms with van der Waals surface area (Å²) in [4.78, 5) is 8.64. The minimum atomic E-state index is 0.667. The van der Waals surface area contributed by atoms with E-state index >= 15 is 0 Å². The molecular formula is C11H9N3. The van der Waals surface area contributed by atoms with E-state index in [1.807, 2.05) is 30.5 Å². The Morgan fingerprint density at radius 1 is 1.29 bits per heavy atom. The zero-order chi connectivity index (χ0) is 9.54. The van der Waals surface area contributed by atoms with E-state index in [0.717, 1.165) is 22.6 Å². The van der Waals surface area contributed by atoms with Crippen LogP contribution in [0, 0.1) is 0 Å². The highest BCUT2D eigenvalue weighted by Gasteiger charge is 2.22. The van der Waals surface area contributed by atoms with Gasteiger partial charge in [0.2, 0.25) is 0 Å². The Kier molecular flexibility index (Phi) is 1.36. The third-order valence-electron chi connectivity index (χ3n) is 2.50. The molecule has 0 saturated carbocycles. The topological polar surface area (TPSA) is 50.7 Å². The van der Waals surface area contributed by atoms with Crippen molar-refractivity contribution in [1.82, 2.24) is 0 Å². The number of nitrogens with two attached hydrogens (primary N) is 1. The van der Waals surface area contributed by atoms with Crippen molar-refractivity contribution >= 4 is 28.9 Å². The SMILES string of the molecule is Nc1cccc2c1N=C1CN=CC=C12. The molecule has 68 valence electrons. The van der Waals surface area contributed by atoms with Crippen molar-refractivity contribution in [2.45, 2.75) is 0 Å². The van der Waals surface area contributed by atoms with Crippen molar-refractivity contribution in [2.75, 3.05) is 12.3 Å². The molecule has 0 amide bonds. The number of nitrogens with zero attached hydrogens (tertiary/aromatic N) is 2. The van der Waals surface area contributed by atoms with E-state index in [2.05, 4.69) is 9.98 Å². The largest absolute Gasteiger partial charge is 0.397 e. The zero-order valence-electron chi connectivity index (χ0n) is 7.57. The van der Waals surface area contributed by atoms with E-state index in [9.17, 15) is 0 Å². The molecule has 0 saturated heterocycles. The molecule has 2 N–H and O–H groups in total. The first-order valence-electron chi connectivity index (χ1n) is 4.53. The number of nitrogen functional groups attached to an aromatic ring is 1. The first-order chi connectivity index (χ1) is 6.86. The van der Waals surface area contributed by atoms with Crippen LogP contribution in [-0.2, 0) is 0 Å². The Labute approximate surface area is 81.7 Å². The number of aliphatic imine (C=N–C) groups is 2. The highest BCUT2D eigenvalue weighted by molar-refractivity contribution is 6.33. The van der Waals surface area contributed by atoms with E-state index < -0.39 is 0 Å². The average molecular weight is 183 g/mol. The minimum absolute atomic E-state index is 0.667. The number of anilines is 1. The van der Waals surface area contributed by atoms with Crippen molar-refractivity contribution in [2.24, 2.45) is 9.98 Å². The smallest absolute Gasteiger partial charge is 0.0942 e. The van der Waals surface area contributed by atoms with E-state index in [0.29, 0.717) is 6.54 Å². The maximum Gasteiger partial charge on any atom is 0.0942 e. The Morgan fingerprint density at radius 3 is 3.14 bits per heavy atom. The van der Waals surface area contributed by atoms with Crippen LogP contribution in [0.1, 0.15) is 5.56 Å². The number of allylic oxidation sites excluding steroid dienone is 1. The van der Waals surface area contributed by atoms with Crippen LogP contribution >= 0.6 is 0 Å². The second-order valence-corrected chi connectivity index (χ2v) is 3.37. The van der Waals surface area contributed by atoms with Crippen LogP contribution < -0.4 is 5.73 Å². The predicted octanol–water partition coefficient (Wildman–Crippen LogP) is 1.82. The lowest BCUT2D eigenvalue weighted by Gasteiger charge is -2.05. The molecule has 0 spiro atoms. The molecular weight excluding hydrogens is 174 g/mol. The van der Waals surface area contributed by atoms with Crippen LogP contribution in [0.3, 0.4) is 0 Å². The molecule has 2 aliphatic rings. The lowest BCUT2D eigenvalue weighted by Crippen LogP contribution is -2.05. The summed E-state index contributed by atoms with van der Waals surface area (Å²) in [6.07, 6.45) is 3.82. The fourth-order valence-electron chi connectivity index (χ4n) is 1.83. The van der Waals surface area contributed by atoms with Crippen molar-refractivity contribution in [3.8, 4) is 0 Å². The Morgan fingerprint density at radius 2 is 2.21 bits per heavy atom.